The quantitative estimate of drug-likeness (QED) is 0.752. The molecule has 2 aliphatic rings. The molecule has 1 amide bonds. The molecule has 0 atom stereocenters. The molecular weight excluding hydrogens is 212 g/mol. The van der Waals surface area contributed by atoms with Crippen LogP contribution in [0.3, 0.4) is 0 Å². The lowest BCUT2D eigenvalue weighted by Gasteiger charge is -2.46. The third kappa shape index (κ3) is 3.01. The lowest BCUT2D eigenvalue weighted by molar-refractivity contribution is -0.135. The SMILES string of the molecule is CC(=O)N(CC1(C)CCC1)C1CCN(C)CC1. The Morgan fingerprint density at radius 2 is 1.94 bits per heavy atom. The van der Waals surface area contributed by atoms with Gasteiger partial charge in [0.15, 0.2) is 0 Å². The summed E-state index contributed by atoms with van der Waals surface area (Å²) in [6, 6.07) is 0.487. The van der Waals surface area contributed by atoms with Gasteiger partial charge in [-0.2, -0.15) is 0 Å². The smallest absolute Gasteiger partial charge is 0.219 e. The standard InChI is InChI=1S/C14H26N2O/c1-12(17)16(11-14(2)7-4-8-14)13-5-9-15(3)10-6-13/h13H,4-11H2,1-3H3. The van der Waals surface area contributed by atoms with Gasteiger partial charge in [-0.3, -0.25) is 4.79 Å². The molecule has 0 unspecified atom stereocenters. The van der Waals surface area contributed by atoms with Gasteiger partial charge in [0.05, 0.1) is 0 Å². The fourth-order valence-electron chi connectivity index (χ4n) is 3.15. The second-order valence-corrected chi connectivity index (χ2v) is 6.35. The zero-order valence-corrected chi connectivity index (χ0v) is 11.5. The van der Waals surface area contributed by atoms with E-state index in [2.05, 4.69) is 23.8 Å². The molecule has 1 saturated heterocycles. The van der Waals surface area contributed by atoms with Crippen molar-refractivity contribution in [3.63, 3.8) is 0 Å². The van der Waals surface area contributed by atoms with Crippen LogP contribution in [0.25, 0.3) is 0 Å². The van der Waals surface area contributed by atoms with E-state index < -0.39 is 0 Å². The molecule has 3 heteroatoms. The van der Waals surface area contributed by atoms with E-state index in [1.54, 1.807) is 6.92 Å². The summed E-state index contributed by atoms with van der Waals surface area (Å²) >= 11 is 0. The van der Waals surface area contributed by atoms with Crippen molar-refractivity contribution in [1.29, 1.82) is 0 Å². The van der Waals surface area contributed by atoms with Crippen molar-refractivity contribution in [2.45, 2.75) is 52.0 Å². The molecule has 0 aromatic rings. The van der Waals surface area contributed by atoms with Crippen molar-refractivity contribution in [2.75, 3.05) is 26.7 Å². The summed E-state index contributed by atoms with van der Waals surface area (Å²) < 4.78 is 0. The van der Waals surface area contributed by atoms with Gasteiger partial charge < -0.3 is 9.80 Å². The van der Waals surface area contributed by atoms with E-state index in [1.165, 1.54) is 19.3 Å². The van der Waals surface area contributed by atoms with Crippen LogP contribution in [0.15, 0.2) is 0 Å². The molecule has 1 aliphatic carbocycles. The summed E-state index contributed by atoms with van der Waals surface area (Å²) in [5, 5.41) is 0. The number of piperidine rings is 1. The molecule has 0 aromatic carbocycles. The molecule has 1 aliphatic heterocycles. The lowest BCUT2D eigenvalue weighted by atomic mass is 9.70. The molecule has 3 nitrogen and oxygen atoms in total. The Hall–Kier alpha value is -0.570. The first-order valence-electron chi connectivity index (χ1n) is 6.96. The van der Waals surface area contributed by atoms with Crippen molar-refractivity contribution in [1.82, 2.24) is 9.80 Å². The van der Waals surface area contributed by atoms with Gasteiger partial charge in [-0.1, -0.05) is 13.3 Å². The zero-order valence-electron chi connectivity index (χ0n) is 11.5. The predicted molar refractivity (Wildman–Crippen MR) is 69.9 cm³/mol. The maximum absolute atomic E-state index is 11.9. The molecule has 0 spiro atoms. The summed E-state index contributed by atoms with van der Waals surface area (Å²) in [5.41, 5.74) is 0.412. The van der Waals surface area contributed by atoms with Gasteiger partial charge in [0, 0.05) is 19.5 Å². The van der Waals surface area contributed by atoms with E-state index in [9.17, 15) is 4.79 Å². The number of nitrogens with zero attached hydrogens (tertiary/aromatic N) is 2. The molecule has 0 N–H and O–H groups in total. The van der Waals surface area contributed by atoms with Crippen LogP contribution in [-0.2, 0) is 4.79 Å². The normalized spacial score (nSPS) is 25.4. The number of hydrogen-bond acceptors (Lipinski definition) is 2. The Kier molecular flexibility index (Phi) is 3.76. The van der Waals surface area contributed by atoms with E-state index in [-0.39, 0.29) is 5.91 Å². The third-order valence-corrected chi connectivity index (χ3v) is 4.65. The first-order chi connectivity index (χ1) is 8.00. The number of carbonyl (C=O) groups is 1. The summed E-state index contributed by atoms with van der Waals surface area (Å²) in [7, 11) is 2.17. The highest BCUT2D eigenvalue weighted by Gasteiger charge is 2.36. The van der Waals surface area contributed by atoms with Crippen molar-refractivity contribution >= 4 is 5.91 Å². The van der Waals surface area contributed by atoms with Gasteiger partial charge in [0.2, 0.25) is 5.91 Å². The molecule has 0 radical (unpaired) electrons. The number of likely N-dealkylation sites (tertiary alicyclic amines) is 1. The first-order valence-corrected chi connectivity index (χ1v) is 6.96. The molecule has 1 saturated carbocycles. The van der Waals surface area contributed by atoms with Crippen LogP contribution in [0, 0.1) is 5.41 Å². The average Bonchev–Trinajstić information content (AvgIpc) is 2.24. The Morgan fingerprint density at radius 3 is 2.35 bits per heavy atom. The second kappa shape index (κ2) is 4.97. The van der Waals surface area contributed by atoms with Crippen LogP contribution in [0.2, 0.25) is 0 Å². The molecule has 0 bridgehead atoms. The Balaban J connectivity index is 1.94. The summed E-state index contributed by atoms with van der Waals surface area (Å²) in [4.78, 5) is 16.4. The molecule has 17 heavy (non-hydrogen) atoms. The fraction of sp³-hybridized carbons (Fsp3) is 0.929. The van der Waals surface area contributed by atoms with E-state index in [1.807, 2.05) is 0 Å². The van der Waals surface area contributed by atoms with Crippen LogP contribution in [0.5, 0.6) is 0 Å². The molecule has 0 aromatic heterocycles. The van der Waals surface area contributed by atoms with Crippen LogP contribution in [0.1, 0.15) is 46.0 Å². The maximum Gasteiger partial charge on any atom is 0.219 e. The molecule has 2 rings (SSSR count). The summed E-state index contributed by atoms with van der Waals surface area (Å²) in [6.07, 6.45) is 6.22. The van der Waals surface area contributed by atoms with E-state index in [4.69, 9.17) is 0 Å². The lowest BCUT2D eigenvalue weighted by Crippen LogP contribution is -2.50. The number of amides is 1. The Labute approximate surface area is 105 Å². The predicted octanol–water partition coefficient (Wildman–Crippen LogP) is 2.12. The molecule has 1 heterocycles. The number of carbonyl (C=O) groups excluding carboxylic acids is 1. The number of hydrogen-bond donors (Lipinski definition) is 0. The minimum atomic E-state index is 0.271. The second-order valence-electron chi connectivity index (χ2n) is 6.35. The zero-order chi connectivity index (χ0) is 12.5. The van der Waals surface area contributed by atoms with Crippen LogP contribution in [-0.4, -0.2) is 48.4 Å². The highest BCUT2D eigenvalue weighted by molar-refractivity contribution is 5.73. The topological polar surface area (TPSA) is 23.6 Å². The van der Waals surface area contributed by atoms with E-state index in [0.29, 0.717) is 11.5 Å². The molecule has 2 fully saturated rings. The third-order valence-electron chi connectivity index (χ3n) is 4.65. The van der Waals surface area contributed by atoms with Crippen molar-refractivity contribution in [2.24, 2.45) is 5.41 Å². The fourth-order valence-corrected chi connectivity index (χ4v) is 3.15. The van der Waals surface area contributed by atoms with E-state index in [0.717, 1.165) is 32.5 Å². The Bertz CT molecular complexity index is 278. The van der Waals surface area contributed by atoms with Crippen molar-refractivity contribution < 1.29 is 4.79 Å². The van der Waals surface area contributed by atoms with Crippen LogP contribution in [0.4, 0.5) is 0 Å². The highest BCUT2D eigenvalue weighted by atomic mass is 16.2. The van der Waals surface area contributed by atoms with Crippen molar-refractivity contribution in [3.05, 3.63) is 0 Å². The van der Waals surface area contributed by atoms with Gasteiger partial charge in [-0.15, -0.1) is 0 Å². The Morgan fingerprint density at radius 1 is 1.35 bits per heavy atom. The first kappa shape index (κ1) is 12.9. The average molecular weight is 238 g/mol. The monoisotopic (exact) mass is 238 g/mol. The van der Waals surface area contributed by atoms with Gasteiger partial charge in [-0.25, -0.2) is 0 Å². The maximum atomic E-state index is 11.9. The minimum absolute atomic E-state index is 0.271. The molecular formula is C14H26N2O. The summed E-state index contributed by atoms with van der Waals surface area (Å²) in [5.74, 6) is 0.271. The van der Waals surface area contributed by atoms with Crippen LogP contribution < -0.4 is 0 Å². The van der Waals surface area contributed by atoms with Crippen LogP contribution >= 0.6 is 0 Å². The van der Waals surface area contributed by atoms with Gasteiger partial charge in [0.1, 0.15) is 0 Å². The largest absolute Gasteiger partial charge is 0.339 e. The van der Waals surface area contributed by atoms with Gasteiger partial charge in [-0.05, 0) is 51.2 Å². The highest BCUT2D eigenvalue weighted by Crippen LogP contribution is 2.41. The summed E-state index contributed by atoms with van der Waals surface area (Å²) in [6.45, 7) is 7.31. The van der Waals surface area contributed by atoms with Crippen molar-refractivity contribution in [3.8, 4) is 0 Å². The molecule has 98 valence electrons. The van der Waals surface area contributed by atoms with Gasteiger partial charge in [0.25, 0.3) is 0 Å². The number of rotatable bonds is 3. The minimum Gasteiger partial charge on any atom is -0.339 e. The van der Waals surface area contributed by atoms with Gasteiger partial charge >= 0.3 is 0 Å². The van der Waals surface area contributed by atoms with E-state index >= 15 is 0 Å².